The molecule has 0 atom stereocenters. The van der Waals surface area contributed by atoms with Gasteiger partial charge in [0.2, 0.25) is 0 Å². The summed E-state index contributed by atoms with van der Waals surface area (Å²) in [6.07, 6.45) is 0.965. The molecular formula is C16H15N3O2. The van der Waals surface area contributed by atoms with Crippen LogP contribution in [0.2, 0.25) is 0 Å². The van der Waals surface area contributed by atoms with Crippen molar-refractivity contribution in [1.29, 1.82) is 5.26 Å². The summed E-state index contributed by atoms with van der Waals surface area (Å²) < 4.78 is 0. The standard InChI is InChI=1S/C16H15N3O2/c1-3-12-4-7-14(8-5-12)18(2)15-9-6-13(11-17)16(10-15)19(20)21/h4-10H,3H2,1-2H3. The highest BCUT2D eigenvalue weighted by atomic mass is 16.6. The molecule has 0 unspecified atom stereocenters. The van der Waals surface area contributed by atoms with Crippen molar-refractivity contribution < 1.29 is 4.92 Å². The third-order valence-electron chi connectivity index (χ3n) is 3.42. The molecule has 5 nitrogen and oxygen atoms in total. The first-order chi connectivity index (χ1) is 10.1. The first kappa shape index (κ1) is 14.5. The molecule has 0 aliphatic carbocycles. The summed E-state index contributed by atoms with van der Waals surface area (Å²) >= 11 is 0. The second-order valence-corrected chi connectivity index (χ2v) is 4.65. The number of nitrogens with zero attached hydrogens (tertiary/aromatic N) is 3. The third-order valence-corrected chi connectivity index (χ3v) is 3.42. The van der Waals surface area contributed by atoms with Gasteiger partial charge in [0, 0.05) is 24.5 Å². The number of nitriles is 1. The molecule has 0 N–H and O–H groups in total. The van der Waals surface area contributed by atoms with Crippen LogP contribution in [-0.2, 0) is 6.42 Å². The number of nitro groups is 1. The van der Waals surface area contributed by atoms with Gasteiger partial charge in [-0.05, 0) is 36.2 Å². The Bertz CT molecular complexity index is 702. The molecule has 0 radical (unpaired) electrons. The summed E-state index contributed by atoms with van der Waals surface area (Å²) in [4.78, 5) is 12.3. The fourth-order valence-corrected chi connectivity index (χ4v) is 2.08. The van der Waals surface area contributed by atoms with Gasteiger partial charge in [-0.1, -0.05) is 19.1 Å². The highest BCUT2D eigenvalue weighted by Gasteiger charge is 2.16. The number of hydrogen-bond acceptors (Lipinski definition) is 4. The van der Waals surface area contributed by atoms with Crippen LogP contribution in [0.15, 0.2) is 42.5 Å². The summed E-state index contributed by atoms with van der Waals surface area (Å²) in [5.41, 5.74) is 2.74. The maximum absolute atomic E-state index is 11.0. The Labute approximate surface area is 123 Å². The van der Waals surface area contributed by atoms with E-state index in [1.807, 2.05) is 42.3 Å². The number of rotatable bonds is 4. The van der Waals surface area contributed by atoms with Crippen LogP contribution >= 0.6 is 0 Å². The summed E-state index contributed by atoms with van der Waals surface area (Å²) in [6.45, 7) is 2.09. The maximum atomic E-state index is 11.0. The number of aryl methyl sites for hydroxylation is 1. The average Bonchev–Trinajstić information content (AvgIpc) is 2.53. The molecule has 0 heterocycles. The Kier molecular flexibility index (Phi) is 4.19. The SMILES string of the molecule is CCc1ccc(N(C)c2ccc(C#N)c([N+](=O)[O-])c2)cc1. The second kappa shape index (κ2) is 6.06. The molecule has 0 fully saturated rings. The van der Waals surface area contributed by atoms with Crippen LogP contribution in [0.1, 0.15) is 18.1 Å². The van der Waals surface area contributed by atoms with E-state index in [-0.39, 0.29) is 11.3 Å². The van der Waals surface area contributed by atoms with Crippen LogP contribution in [0.3, 0.4) is 0 Å². The van der Waals surface area contributed by atoms with Crippen LogP contribution in [0.5, 0.6) is 0 Å². The molecule has 21 heavy (non-hydrogen) atoms. The second-order valence-electron chi connectivity index (χ2n) is 4.65. The molecular weight excluding hydrogens is 266 g/mol. The lowest BCUT2D eigenvalue weighted by Crippen LogP contribution is -2.10. The number of benzene rings is 2. The lowest BCUT2D eigenvalue weighted by molar-refractivity contribution is -0.385. The molecule has 0 saturated carbocycles. The van der Waals surface area contributed by atoms with E-state index in [1.165, 1.54) is 17.7 Å². The molecule has 0 amide bonds. The Morgan fingerprint density at radius 1 is 1.19 bits per heavy atom. The van der Waals surface area contributed by atoms with Gasteiger partial charge in [0.05, 0.1) is 4.92 Å². The van der Waals surface area contributed by atoms with E-state index in [2.05, 4.69) is 6.92 Å². The van der Waals surface area contributed by atoms with E-state index >= 15 is 0 Å². The first-order valence-electron chi connectivity index (χ1n) is 6.58. The smallest absolute Gasteiger partial charge is 0.289 e. The minimum Gasteiger partial charge on any atom is -0.344 e. The zero-order chi connectivity index (χ0) is 15.4. The van der Waals surface area contributed by atoms with Crippen LogP contribution in [0.25, 0.3) is 0 Å². The number of hydrogen-bond donors (Lipinski definition) is 0. The fraction of sp³-hybridized carbons (Fsp3) is 0.188. The van der Waals surface area contributed by atoms with Crippen molar-refractivity contribution in [2.75, 3.05) is 11.9 Å². The van der Waals surface area contributed by atoms with Gasteiger partial charge in [0.15, 0.2) is 0 Å². The Morgan fingerprint density at radius 2 is 1.81 bits per heavy atom. The van der Waals surface area contributed by atoms with E-state index in [4.69, 9.17) is 5.26 Å². The van der Waals surface area contributed by atoms with E-state index in [1.54, 1.807) is 6.07 Å². The minimum atomic E-state index is -0.532. The fourth-order valence-electron chi connectivity index (χ4n) is 2.08. The Morgan fingerprint density at radius 3 is 2.33 bits per heavy atom. The summed E-state index contributed by atoms with van der Waals surface area (Å²) in [6, 6.07) is 14.5. The molecule has 0 aromatic heterocycles. The van der Waals surface area contributed by atoms with Gasteiger partial charge in [0.25, 0.3) is 5.69 Å². The van der Waals surface area contributed by atoms with E-state index < -0.39 is 4.92 Å². The molecule has 2 rings (SSSR count). The maximum Gasteiger partial charge on any atom is 0.289 e. The van der Waals surface area contributed by atoms with Gasteiger partial charge in [0.1, 0.15) is 11.6 Å². The molecule has 2 aromatic rings. The van der Waals surface area contributed by atoms with Gasteiger partial charge in [-0.3, -0.25) is 10.1 Å². The van der Waals surface area contributed by atoms with Crippen molar-refractivity contribution in [3.63, 3.8) is 0 Å². The van der Waals surface area contributed by atoms with Crippen LogP contribution in [0.4, 0.5) is 17.1 Å². The highest BCUT2D eigenvalue weighted by molar-refractivity contribution is 5.67. The normalized spacial score (nSPS) is 9.95. The van der Waals surface area contributed by atoms with E-state index in [9.17, 15) is 10.1 Å². The van der Waals surface area contributed by atoms with Crippen molar-refractivity contribution in [3.05, 3.63) is 63.7 Å². The van der Waals surface area contributed by atoms with Gasteiger partial charge >= 0.3 is 0 Å². The first-order valence-corrected chi connectivity index (χ1v) is 6.58. The highest BCUT2D eigenvalue weighted by Crippen LogP contribution is 2.29. The molecule has 5 heteroatoms. The molecule has 0 aliphatic rings. The van der Waals surface area contributed by atoms with Crippen molar-refractivity contribution in [2.24, 2.45) is 0 Å². The van der Waals surface area contributed by atoms with Gasteiger partial charge in [-0.2, -0.15) is 5.26 Å². The molecule has 0 bridgehead atoms. The minimum absolute atomic E-state index is 0.0680. The Hall–Kier alpha value is -2.87. The largest absolute Gasteiger partial charge is 0.344 e. The molecule has 0 spiro atoms. The quantitative estimate of drug-likeness (QED) is 0.631. The van der Waals surface area contributed by atoms with Gasteiger partial charge < -0.3 is 4.90 Å². The predicted molar refractivity (Wildman–Crippen MR) is 81.7 cm³/mol. The van der Waals surface area contributed by atoms with Gasteiger partial charge in [-0.25, -0.2) is 0 Å². The zero-order valence-corrected chi connectivity index (χ0v) is 11.9. The average molecular weight is 281 g/mol. The molecule has 0 aliphatic heterocycles. The monoisotopic (exact) mass is 281 g/mol. The van der Waals surface area contributed by atoms with Gasteiger partial charge in [-0.15, -0.1) is 0 Å². The predicted octanol–water partition coefficient (Wildman–Crippen LogP) is 3.80. The number of anilines is 2. The van der Waals surface area contributed by atoms with Crippen molar-refractivity contribution in [1.82, 2.24) is 0 Å². The molecule has 2 aromatic carbocycles. The van der Waals surface area contributed by atoms with Crippen LogP contribution in [-0.4, -0.2) is 12.0 Å². The Balaban J connectivity index is 2.38. The summed E-state index contributed by atoms with van der Waals surface area (Å²) in [7, 11) is 1.84. The summed E-state index contributed by atoms with van der Waals surface area (Å²) in [5, 5.41) is 19.9. The summed E-state index contributed by atoms with van der Waals surface area (Å²) in [5.74, 6) is 0. The zero-order valence-electron chi connectivity index (χ0n) is 11.9. The molecule has 0 saturated heterocycles. The van der Waals surface area contributed by atoms with E-state index in [0.717, 1.165) is 12.1 Å². The van der Waals surface area contributed by atoms with Crippen molar-refractivity contribution in [3.8, 4) is 6.07 Å². The van der Waals surface area contributed by atoms with Crippen molar-refractivity contribution in [2.45, 2.75) is 13.3 Å². The van der Waals surface area contributed by atoms with E-state index in [0.29, 0.717) is 5.69 Å². The topological polar surface area (TPSA) is 70.2 Å². The van der Waals surface area contributed by atoms with Crippen LogP contribution < -0.4 is 4.90 Å². The van der Waals surface area contributed by atoms with Crippen LogP contribution in [0, 0.1) is 21.4 Å². The third kappa shape index (κ3) is 3.00. The number of nitro benzene ring substituents is 1. The molecule has 106 valence electrons. The lowest BCUT2D eigenvalue weighted by Gasteiger charge is -2.19. The van der Waals surface area contributed by atoms with Crippen molar-refractivity contribution >= 4 is 17.1 Å². The lowest BCUT2D eigenvalue weighted by atomic mass is 10.1.